The van der Waals surface area contributed by atoms with E-state index in [1.54, 1.807) is 7.11 Å². The summed E-state index contributed by atoms with van der Waals surface area (Å²) in [5.41, 5.74) is 0. The Balaban J connectivity index is 3.33. The van der Waals surface area contributed by atoms with Gasteiger partial charge in [0.15, 0.2) is 0 Å². The van der Waals surface area contributed by atoms with Crippen LogP contribution in [-0.4, -0.2) is 51.5 Å². The predicted molar refractivity (Wildman–Crippen MR) is 59.7 cm³/mol. The van der Waals surface area contributed by atoms with Crippen molar-refractivity contribution in [1.29, 1.82) is 5.26 Å². The molecule has 88 valence electrons. The predicted octanol–water partition coefficient (Wildman–Crippen LogP) is 1.28. The minimum Gasteiger partial charge on any atom is -0.382 e. The van der Waals surface area contributed by atoms with Crippen LogP contribution in [-0.2, 0) is 9.47 Å². The molecule has 0 saturated heterocycles. The van der Waals surface area contributed by atoms with E-state index in [1.807, 2.05) is 0 Å². The molecule has 0 radical (unpaired) electrons. The van der Waals surface area contributed by atoms with Crippen LogP contribution >= 0.6 is 0 Å². The Morgan fingerprint density at radius 1 is 1.20 bits per heavy atom. The van der Waals surface area contributed by atoms with Crippen LogP contribution in [0.1, 0.15) is 19.8 Å². The van der Waals surface area contributed by atoms with E-state index >= 15 is 0 Å². The van der Waals surface area contributed by atoms with E-state index in [1.165, 1.54) is 0 Å². The average molecular weight is 214 g/mol. The summed E-state index contributed by atoms with van der Waals surface area (Å²) in [6, 6.07) is 2.18. The third kappa shape index (κ3) is 9.67. The maximum Gasteiger partial charge on any atom is 0.0866 e. The first-order chi connectivity index (χ1) is 7.35. The van der Waals surface area contributed by atoms with Crippen molar-refractivity contribution in [2.45, 2.75) is 19.8 Å². The Kier molecular flexibility index (Phi) is 11.0. The normalized spacial score (nSPS) is 10.5. The van der Waals surface area contributed by atoms with Crippen LogP contribution in [0.3, 0.4) is 0 Å². The van der Waals surface area contributed by atoms with Crippen molar-refractivity contribution in [3.63, 3.8) is 0 Å². The smallest absolute Gasteiger partial charge is 0.0866 e. The highest BCUT2D eigenvalue weighted by molar-refractivity contribution is 4.75. The Morgan fingerprint density at radius 2 is 2.00 bits per heavy atom. The Bertz CT molecular complexity index is 168. The number of nitrogens with zero attached hydrogens (tertiary/aromatic N) is 2. The van der Waals surface area contributed by atoms with E-state index in [0.717, 1.165) is 32.5 Å². The van der Waals surface area contributed by atoms with E-state index in [-0.39, 0.29) is 0 Å². The largest absolute Gasteiger partial charge is 0.382 e. The van der Waals surface area contributed by atoms with Gasteiger partial charge in [-0.25, -0.2) is 0 Å². The molecule has 0 heterocycles. The summed E-state index contributed by atoms with van der Waals surface area (Å²) >= 11 is 0. The minimum absolute atomic E-state index is 0.520. The second kappa shape index (κ2) is 11.4. The molecule has 0 amide bonds. The van der Waals surface area contributed by atoms with Crippen LogP contribution in [0.2, 0.25) is 0 Å². The van der Waals surface area contributed by atoms with Gasteiger partial charge in [-0.1, -0.05) is 6.92 Å². The summed E-state index contributed by atoms with van der Waals surface area (Å²) in [6.45, 7) is 6.62. The molecule has 0 aliphatic carbocycles. The van der Waals surface area contributed by atoms with Crippen LogP contribution in [0.15, 0.2) is 0 Å². The van der Waals surface area contributed by atoms with Crippen LogP contribution in [0.25, 0.3) is 0 Å². The zero-order chi connectivity index (χ0) is 11.4. The van der Waals surface area contributed by atoms with Crippen LogP contribution in [0.4, 0.5) is 0 Å². The van der Waals surface area contributed by atoms with Crippen LogP contribution in [0, 0.1) is 11.3 Å². The fourth-order valence-electron chi connectivity index (χ4n) is 1.32. The molecular weight excluding hydrogens is 192 g/mol. The summed E-state index contributed by atoms with van der Waals surface area (Å²) in [6.07, 6.45) is 2.07. The maximum atomic E-state index is 8.60. The highest BCUT2D eigenvalue weighted by Crippen LogP contribution is 1.94. The molecule has 4 heteroatoms. The number of methoxy groups -OCH3 is 1. The highest BCUT2D eigenvalue weighted by atomic mass is 16.5. The second-order valence-electron chi connectivity index (χ2n) is 3.39. The molecule has 0 N–H and O–H groups in total. The lowest BCUT2D eigenvalue weighted by Gasteiger charge is -2.17. The molecule has 0 aromatic heterocycles. The molecule has 15 heavy (non-hydrogen) atoms. The van der Waals surface area contributed by atoms with Gasteiger partial charge in [-0.05, 0) is 19.4 Å². The lowest BCUT2D eigenvalue weighted by atomic mass is 10.3. The molecule has 0 aliphatic rings. The highest BCUT2D eigenvalue weighted by Gasteiger charge is 2.01. The van der Waals surface area contributed by atoms with Crippen molar-refractivity contribution >= 4 is 0 Å². The van der Waals surface area contributed by atoms with Gasteiger partial charge in [0, 0.05) is 20.3 Å². The summed E-state index contributed by atoms with van der Waals surface area (Å²) in [4.78, 5) is 2.15. The first-order valence-corrected chi connectivity index (χ1v) is 5.51. The van der Waals surface area contributed by atoms with Crippen molar-refractivity contribution in [3.05, 3.63) is 0 Å². The molecule has 0 fully saturated rings. The molecule has 4 nitrogen and oxygen atoms in total. The first-order valence-electron chi connectivity index (χ1n) is 5.51. The van der Waals surface area contributed by atoms with E-state index in [9.17, 15) is 0 Å². The van der Waals surface area contributed by atoms with Crippen LogP contribution in [0.5, 0.6) is 0 Å². The average Bonchev–Trinajstić information content (AvgIpc) is 2.24. The summed E-state index contributed by atoms with van der Waals surface area (Å²) in [7, 11) is 1.67. The van der Waals surface area contributed by atoms with Gasteiger partial charge in [-0.2, -0.15) is 5.26 Å². The molecule has 0 aromatic carbocycles. The summed E-state index contributed by atoms with van der Waals surface area (Å²) in [5.74, 6) is 0. The lowest BCUT2D eigenvalue weighted by Crippen LogP contribution is -2.27. The van der Waals surface area contributed by atoms with Gasteiger partial charge in [0.05, 0.1) is 25.8 Å². The molecule has 0 spiro atoms. The number of rotatable bonds is 10. The second-order valence-corrected chi connectivity index (χ2v) is 3.39. The summed E-state index contributed by atoms with van der Waals surface area (Å²) < 4.78 is 10.2. The van der Waals surface area contributed by atoms with Crippen LogP contribution < -0.4 is 0 Å². The van der Waals surface area contributed by atoms with Gasteiger partial charge in [-0.3, -0.25) is 4.90 Å². The summed E-state index contributed by atoms with van der Waals surface area (Å²) in [5, 5.41) is 8.60. The first kappa shape index (κ1) is 14.4. The fourth-order valence-corrected chi connectivity index (χ4v) is 1.32. The van der Waals surface area contributed by atoms with Crippen molar-refractivity contribution in [3.8, 4) is 6.07 Å². The van der Waals surface area contributed by atoms with E-state index in [0.29, 0.717) is 19.8 Å². The molecule has 0 saturated carbocycles. The maximum absolute atomic E-state index is 8.60. The van der Waals surface area contributed by atoms with Gasteiger partial charge in [0.2, 0.25) is 0 Å². The monoisotopic (exact) mass is 214 g/mol. The third-order valence-electron chi connectivity index (χ3n) is 2.03. The molecule has 0 aliphatic heterocycles. The van der Waals surface area contributed by atoms with Crippen molar-refractivity contribution in [2.24, 2.45) is 0 Å². The lowest BCUT2D eigenvalue weighted by molar-refractivity contribution is 0.0658. The molecule has 0 rings (SSSR count). The van der Waals surface area contributed by atoms with Crippen molar-refractivity contribution in [2.75, 3.05) is 46.6 Å². The molecule has 0 atom stereocenters. The standard InChI is InChI=1S/C11H22N2O2/c1-3-6-13(8-5-12)7-4-9-15-11-10-14-2/h3-4,6-11H2,1-2H3. The van der Waals surface area contributed by atoms with E-state index in [2.05, 4.69) is 17.9 Å². The molecule has 0 bridgehead atoms. The van der Waals surface area contributed by atoms with Gasteiger partial charge < -0.3 is 9.47 Å². The Labute approximate surface area is 92.8 Å². The van der Waals surface area contributed by atoms with Gasteiger partial charge in [0.1, 0.15) is 0 Å². The minimum atomic E-state index is 0.520. The Morgan fingerprint density at radius 3 is 2.60 bits per heavy atom. The molecule has 0 aromatic rings. The van der Waals surface area contributed by atoms with E-state index in [4.69, 9.17) is 14.7 Å². The quantitative estimate of drug-likeness (QED) is 0.406. The zero-order valence-electron chi connectivity index (χ0n) is 9.87. The van der Waals surface area contributed by atoms with Gasteiger partial charge in [-0.15, -0.1) is 0 Å². The molecular formula is C11H22N2O2. The number of hydrogen-bond acceptors (Lipinski definition) is 4. The van der Waals surface area contributed by atoms with E-state index < -0.39 is 0 Å². The van der Waals surface area contributed by atoms with Gasteiger partial charge in [0.25, 0.3) is 0 Å². The SMILES string of the molecule is CCCN(CC#N)CCCOCCOC. The number of nitriles is 1. The Hall–Kier alpha value is -0.630. The van der Waals surface area contributed by atoms with Crippen molar-refractivity contribution < 1.29 is 9.47 Å². The topological polar surface area (TPSA) is 45.5 Å². The number of hydrogen-bond donors (Lipinski definition) is 0. The fraction of sp³-hybridized carbons (Fsp3) is 0.909. The van der Waals surface area contributed by atoms with Crippen molar-refractivity contribution in [1.82, 2.24) is 4.90 Å². The van der Waals surface area contributed by atoms with Gasteiger partial charge >= 0.3 is 0 Å². The number of ether oxygens (including phenoxy) is 2. The zero-order valence-corrected chi connectivity index (χ0v) is 9.87. The molecule has 0 unspecified atom stereocenters. The third-order valence-corrected chi connectivity index (χ3v) is 2.03.